The molecule has 0 heterocycles. The van der Waals surface area contributed by atoms with Crippen LogP contribution in [-0.2, 0) is 4.79 Å². The summed E-state index contributed by atoms with van der Waals surface area (Å²) in [4.78, 5) is 23.7. The molecule has 0 aliphatic carbocycles. The molecule has 9 heteroatoms. The molecule has 0 saturated carbocycles. The Morgan fingerprint density at radius 3 is 2.61 bits per heavy atom. The van der Waals surface area contributed by atoms with Crippen molar-refractivity contribution in [2.45, 2.75) is 0 Å². The topological polar surface area (TPSA) is 79.5 Å². The molecule has 3 aromatic rings. The van der Waals surface area contributed by atoms with E-state index < -0.39 is 11.9 Å². The first kappa shape index (κ1) is 20.4. The number of carbonyl (C=O) groups excluding carboxylic acids is 2. The van der Waals surface area contributed by atoms with Crippen molar-refractivity contribution in [3.8, 4) is 5.75 Å². The lowest BCUT2D eigenvalue weighted by Gasteiger charge is -2.12. The molecule has 0 atom stereocenters. The quantitative estimate of drug-likeness (QED) is 0.406. The largest absolute Gasteiger partial charge is 0.483 e. The Bertz CT molecular complexity index is 1050. The molecular weight excluding hydrogens is 513 g/mol. The van der Waals surface area contributed by atoms with Gasteiger partial charge in [-0.3, -0.25) is 10.2 Å². The normalized spacial score (nSPS) is 10.4. The molecule has 3 amide bonds. The van der Waals surface area contributed by atoms with Crippen molar-refractivity contribution in [2.75, 3.05) is 11.9 Å². The van der Waals surface area contributed by atoms with Gasteiger partial charge in [-0.25, -0.2) is 10.2 Å². The summed E-state index contributed by atoms with van der Waals surface area (Å²) in [5, 5.41) is 5.02. The van der Waals surface area contributed by atoms with Crippen LogP contribution in [0.3, 0.4) is 0 Å². The molecule has 0 spiro atoms. The van der Waals surface area contributed by atoms with Gasteiger partial charge < -0.3 is 10.1 Å². The minimum absolute atomic E-state index is 0.266. The third kappa shape index (κ3) is 5.37. The predicted octanol–water partition coefficient (Wildman–Crippen LogP) is 5.25. The maximum atomic E-state index is 11.9. The fourth-order valence-corrected chi connectivity index (χ4v) is 3.57. The monoisotopic (exact) mass is 525 g/mol. The number of amides is 3. The van der Waals surface area contributed by atoms with E-state index in [4.69, 9.17) is 16.3 Å². The van der Waals surface area contributed by atoms with E-state index in [1.807, 2.05) is 24.3 Å². The molecule has 6 nitrogen and oxygen atoms in total. The molecular formula is C19H14Br2ClN3O3. The molecule has 0 fully saturated rings. The van der Waals surface area contributed by atoms with E-state index in [-0.39, 0.29) is 6.61 Å². The highest BCUT2D eigenvalue weighted by Gasteiger charge is 2.10. The lowest BCUT2D eigenvalue weighted by atomic mass is 10.1. The Morgan fingerprint density at radius 1 is 1.00 bits per heavy atom. The minimum atomic E-state index is -0.604. The predicted molar refractivity (Wildman–Crippen MR) is 117 cm³/mol. The van der Waals surface area contributed by atoms with E-state index in [0.29, 0.717) is 16.5 Å². The van der Waals surface area contributed by atoms with Crippen LogP contribution in [0.5, 0.6) is 5.75 Å². The average Bonchev–Trinajstić information content (AvgIpc) is 2.66. The Hall–Kier alpha value is -2.29. The SMILES string of the molecule is O=C(COc1ccc2cc(Br)ccc2c1Br)NNC(=O)Nc1cccc(Cl)c1. The molecule has 0 aliphatic heterocycles. The van der Waals surface area contributed by atoms with Gasteiger partial charge in [-0.05, 0) is 63.1 Å². The van der Waals surface area contributed by atoms with Crippen molar-refractivity contribution in [2.24, 2.45) is 0 Å². The number of benzene rings is 3. The second-order valence-corrected chi connectivity index (χ2v) is 7.81. The van der Waals surface area contributed by atoms with Crippen LogP contribution in [0.2, 0.25) is 5.02 Å². The number of nitrogens with one attached hydrogen (secondary N) is 3. The highest BCUT2D eigenvalue weighted by molar-refractivity contribution is 9.11. The van der Waals surface area contributed by atoms with Gasteiger partial charge in [-0.15, -0.1) is 0 Å². The summed E-state index contributed by atoms with van der Waals surface area (Å²) in [6.45, 7) is -0.266. The molecule has 3 N–H and O–H groups in total. The Balaban J connectivity index is 1.51. The molecule has 0 bridgehead atoms. The first-order chi connectivity index (χ1) is 13.4. The number of hydrogen-bond acceptors (Lipinski definition) is 3. The number of ether oxygens (including phenoxy) is 1. The van der Waals surface area contributed by atoms with Gasteiger partial charge in [0.05, 0.1) is 4.47 Å². The van der Waals surface area contributed by atoms with Crippen LogP contribution in [-0.4, -0.2) is 18.5 Å². The summed E-state index contributed by atoms with van der Waals surface area (Å²) in [7, 11) is 0. The molecule has 28 heavy (non-hydrogen) atoms. The van der Waals surface area contributed by atoms with Crippen LogP contribution >= 0.6 is 43.5 Å². The number of hydrogen-bond donors (Lipinski definition) is 3. The van der Waals surface area contributed by atoms with Gasteiger partial charge in [0.1, 0.15) is 5.75 Å². The lowest BCUT2D eigenvalue weighted by Crippen LogP contribution is -2.45. The Morgan fingerprint density at radius 2 is 1.82 bits per heavy atom. The molecule has 3 rings (SSSR count). The summed E-state index contributed by atoms with van der Waals surface area (Å²) in [5.74, 6) is 0.0115. The van der Waals surface area contributed by atoms with Gasteiger partial charge in [0.2, 0.25) is 0 Å². The first-order valence-corrected chi connectivity index (χ1v) is 10.0. The number of hydrazine groups is 1. The third-order valence-corrected chi connectivity index (χ3v) is 5.18. The highest BCUT2D eigenvalue weighted by Crippen LogP contribution is 2.34. The van der Waals surface area contributed by atoms with Crippen molar-refractivity contribution in [1.82, 2.24) is 10.9 Å². The van der Waals surface area contributed by atoms with Gasteiger partial charge in [-0.2, -0.15) is 0 Å². The Kier molecular flexibility index (Phi) is 6.77. The van der Waals surface area contributed by atoms with Crippen molar-refractivity contribution in [3.05, 3.63) is 68.6 Å². The number of halogens is 3. The van der Waals surface area contributed by atoms with Crippen LogP contribution in [0, 0.1) is 0 Å². The van der Waals surface area contributed by atoms with Crippen LogP contribution < -0.4 is 20.9 Å². The summed E-state index contributed by atoms with van der Waals surface area (Å²) >= 11 is 12.8. The standard InChI is InChI=1S/C19H14Br2ClN3O3/c20-12-5-6-15-11(8-12)4-7-16(18(15)21)28-10-17(26)24-25-19(27)23-14-3-1-2-13(22)9-14/h1-9H,10H2,(H,24,26)(H2,23,25,27). The van der Waals surface area contributed by atoms with Crippen molar-refractivity contribution in [3.63, 3.8) is 0 Å². The molecule has 0 unspecified atom stereocenters. The van der Waals surface area contributed by atoms with E-state index in [9.17, 15) is 9.59 Å². The lowest BCUT2D eigenvalue weighted by molar-refractivity contribution is -0.123. The van der Waals surface area contributed by atoms with Crippen molar-refractivity contribution in [1.29, 1.82) is 0 Å². The van der Waals surface area contributed by atoms with E-state index in [1.165, 1.54) is 0 Å². The van der Waals surface area contributed by atoms with Crippen LogP contribution in [0.4, 0.5) is 10.5 Å². The molecule has 0 radical (unpaired) electrons. The van der Waals surface area contributed by atoms with E-state index in [1.54, 1.807) is 30.3 Å². The second-order valence-electron chi connectivity index (χ2n) is 5.67. The average molecular weight is 528 g/mol. The molecule has 0 saturated heterocycles. The van der Waals surface area contributed by atoms with Crippen LogP contribution in [0.1, 0.15) is 0 Å². The van der Waals surface area contributed by atoms with Crippen molar-refractivity contribution < 1.29 is 14.3 Å². The number of rotatable bonds is 4. The van der Waals surface area contributed by atoms with E-state index in [0.717, 1.165) is 19.7 Å². The molecule has 144 valence electrons. The second kappa shape index (κ2) is 9.27. The number of fused-ring (bicyclic) bond motifs is 1. The van der Waals surface area contributed by atoms with Crippen molar-refractivity contribution >= 4 is 71.9 Å². The summed E-state index contributed by atoms with van der Waals surface area (Å²) in [6.07, 6.45) is 0. The van der Waals surface area contributed by atoms with Gasteiger partial charge in [0.15, 0.2) is 6.61 Å². The van der Waals surface area contributed by atoms with Gasteiger partial charge >= 0.3 is 6.03 Å². The summed E-state index contributed by atoms with van der Waals surface area (Å²) in [5.41, 5.74) is 5.02. The van der Waals surface area contributed by atoms with Crippen LogP contribution in [0.15, 0.2) is 63.5 Å². The molecule has 0 aromatic heterocycles. The van der Waals surface area contributed by atoms with Gasteiger partial charge in [0.25, 0.3) is 5.91 Å². The number of urea groups is 1. The zero-order valence-electron chi connectivity index (χ0n) is 14.3. The zero-order valence-corrected chi connectivity index (χ0v) is 18.2. The summed E-state index contributed by atoms with van der Waals surface area (Å²) in [6, 6.07) is 15.6. The number of carbonyl (C=O) groups is 2. The highest BCUT2D eigenvalue weighted by atomic mass is 79.9. The molecule has 3 aromatic carbocycles. The first-order valence-electron chi connectivity index (χ1n) is 8.04. The molecule has 0 aliphatic rings. The van der Waals surface area contributed by atoms with E-state index in [2.05, 4.69) is 48.0 Å². The summed E-state index contributed by atoms with van der Waals surface area (Å²) < 4.78 is 7.26. The minimum Gasteiger partial charge on any atom is -0.483 e. The van der Waals surface area contributed by atoms with Gasteiger partial charge in [0, 0.05) is 15.2 Å². The zero-order chi connectivity index (χ0) is 20.1. The number of anilines is 1. The maximum absolute atomic E-state index is 11.9. The maximum Gasteiger partial charge on any atom is 0.337 e. The Labute approximate surface area is 182 Å². The fraction of sp³-hybridized carbons (Fsp3) is 0.0526. The third-order valence-electron chi connectivity index (χ3n) is 3.64. The fourth-order valence-electron chi connectivity index (χ4n) is 2.39. The smallest absolute Gasteiger partial charge is 0.337 e. The van der Waals surface area contributed by atoms with Crippen LogP contribution in [0.25, 0.3) is 10.8 Å². The van der Waals surface area contributed by atoms with E-state index >= 15 is 0 Å². The van der Waals surface area contributed by atoms with Gasteiger partial charge in [-0.1, -0.05) is 45.7 Å².